The lowest BCUT2D eigenvalue weighted by Gasteiger charge is -2.44. The molecule has 2 aromatic heterocycles. The second-order valence-electron chi connectivity index (χ2n) is 8.09. The minimum absolute atomic E-state index is 0.323. The van der Waals surface area contributed by atoms with E-state index in [9.17, 15) is 19.2 Å². The van der Waals surface area contributed by atoms with Crippen LogP contribution in [-0.4, -0.2) is 33.6 Å². The molecule has 2 bridgehead atoms. The van der Waals surface area contributed by atoms with Crippen molar-refractivity contribution in [3.8, 4) is 0 Å². The predicted octanol–water partition coefficient (Wildman–Crippen LogP) is 1.20. The third-order valence-electron chi connectivity index (χ3n) is 6.82. The van der Waals surface area contributed by atoms with E-state index in [0.29, 0.717) is 11.4 Å². The van der Waals surface area contributed by atoms with Gasteiger partial charge in [0, 0.05) is 24.2 Å². The van der Waals surface area contributed by atoms with Crippen LogP contribution in [0.25, 0.3) is 0 Å². The lowest BCUT2D eigenvalue weighted by molar-refractivity contribution is -0.137. The fraction of sp³-hybridized carbons (Fsp3) is 0.273. The lowest BCUT2D eigenvalue weighted by Crippen LogP contribution is -2.50. The van der Waals surface area contributed by atoms with Gasteiger partial charge in [-0.25, -0.2) is 9.80 Å². The Morgan fingerprint density at radius 3 is 1.27 bits per heavy atom. The van der Waals surface area contributed by atoms with Gasteiger partial charge in [0.15, 0.2) is 0 Å². The summed E-state index contributed by atoms with van der Waals surface area (Å²) < 4.78 is 0. The number of allylic oxidation sites excluding steroid dienone is 2. The predicted molar refractivity (Wildman–Crippen MR) is 104 cm³/mol. The van der Waals surface area contributed by atoms with Crippen LogP contribution < -0.4 is 9.80 Å². The van der Waals surface area contributed by atoms with Crippen LogP contribution in [0.4, 0.5) is 11.4 Å². The lowest BCUT2D eigenvalue weighted by atomic mass is 9.54. The maximum Gasteiger partial charge on any atom is 0.238 e. The van der Waals surface area contributed by atoms with Gasteiger partial charge in [-0.05, 0) is 24.3 Å². The number of carbonyl (C=O) groups is 4. The van der Waals surface area contributed by atoms with Crippen molar-refractivity contribution in [1.82, 2.24) is 9.97 Å². The molecule has 4 unspecified atom stereocenters. The fourth-order valence-corrected chi connectivity index (χ4v) is 5.71. The molecule has 0 radical (unpaired) electrons. The monoisotopic (exact) mass is 400 g/mol. The molecule has 2 aromatic rings. The van der Waals surface area contributed by atoms with Crippen LogP contribution in [0, 0.1) is 35.5 Å². The molecule has 1 saturated carbocycles. The number of rotatable bonds is 2. The fourth-order valence-electron chi connectivity index (χ4n) is 5.71. The maximum atomic E-state index is 13.3. The van der Waals surface area contributed by atoms with E-state index in [1.165, 1.54) is 22.2 Å². The number of carbonyl (C=O) groups excluding carboxylic acids is 4. The van der Waals surface area contributed by atoms with Gasteiger partial charge < -0.3 is 0 Å². The molecule has 4 amide bonds. The first-order valence-electron chi connectivity index (χ1n) is 9.83. The van der Waals surface area contributed by atoms with Crippen molar-refractivity contribution in [3.05, 3.63) is 61.2 Å². The summed E-state index contributed by atoms with van der Waals surface area (Å²) in [5.41, 5.74) is 0.835. The summed E-state index contributed by atoms with van der Waals surface area (Å²) in [5, 5.41) is 0. The molecule has 0 N–H and O–H groups in total. The molecule has 2 aliphatic heterocycles. The first-order valence-corrected chi connectivity index (χ1v) is 9.83. The van der Waals surface area contributed by atoms with Crippen molar-refractivity contribution < 1.29 is 19.2 Å². The van der Waals surface area contributed by atoms with Crippen molar-refractivity contribution in [2.24, 2.45) is 35.5 Å². The number of hydrogen-bond acceptors (Lipinski definition) is 6. The molecular weight excluding hydrogens is 384 g/mol. The van der Waals surface area contributed by atoms with Crippen molar-refractivity contribution in [2.45, 2.75) is 0 Å². The van der Waals surface area contributed by atoms with Gasteiger partial charge in [0.05, 0.1) is 47.4 Å². The van der Waals surface area contributed by atoms with Gasteiger partial charge in [-0.2, -0.15) is 0 Å². The molecule has 0 aromatic carbocycles. The third kappa shape index (κ3) is 2.00. The van der Waals surface area contributed by atoms with Gasteiger partial charge in [0.1, 0.15) is 0 Å². The SMILES string of the molecule is O=C1C2C3C=CC(C2C(=O)N1c1cccnc1)C1C(=O)N(c2cccnc2)C(=O)C31. The molecule has 148 valence electrons. The Morgan fingerprint density at radius 2 is 0.967 bits per heavy atom. The first-order chi connectivity index (χ1) is 14.6. The van der Waals surface area contributed by atoms with E-state index in [1.807, 2.05) is 12.2 Å². The van der Waals surface area contributed by atoms with Crippen LogP contribution in [0.3, 0.4) is 0 Å². The molecule has 7 rings (SSSR count). The van der Waals surface area contributed by atoms with Gasteiger partial charge >= 0.3 is 0 Å². The highest BCUT2D eigenvalue weighted by Gasteiger charge is 2.68. The van der Waals surface area contributed by atoms with Crippen LogP contribution in [0.5, 0.6) is 0 Å². The number of nitrogens with zero attached hydrogens (tertiary/aromatic N) is 4. The molecule has 4 atom stereocenters. The number of amides is 4. The summed E-state index contributed by atoms with van der Waals surface area (Å²) in [6.45, 7) is 0. The van der Waals surface area contributed by atoms with E-state index in [4.69, 9.17) is 0 Å². The van der Waals surface area contributed by atoms with E-state index >= 15 is 0 Å². The molecule has 0 spiro atoms. The number of anilines is 2. The minimum atomic E-state index is -0.639. The van der Waals surface area contributed by atoms with Crippen molar-refractivity contribution in [3.63, 3.8) is 0 Å². The van der Waals surface area contributed by atoms with Crippen LogP contribution >= 0.6 is 0 Å². The molecule has 3 aliphatic carbocycles. The van der Waals surface area contributed by atoms with Crippen molar-refractivity contribution >= 4 is 35.0 Å². The van der Waals surface area contributed by atoms with Crippen LogP contribution in [0.15, 0.2) is 61.2 Å². The summed E-state index contributed by atoms with van der Waals surface area (Å²) in [7, 11) is 0. The van der Waals surface area contributed by atoms with Crippen molar-refractivity contribution in [1.29, 1.82) is 0 Å². The first kappa shape index (κ1) is 17.2. The molecular formula is C22H16N4O4. The Kier molecular flexibility index (Phi) is 3.39. The summed E-state index contributed by atoms with van der Waals surface area (Å²) in [5.74, 6) is -4.82. The van der Waals surface area contributed by atoms with Gasteiger partial charge in [0.2, 0.25) is 23.6 Å². The van der Waals surface area contributed by atoms with Crippen LogP contribution in [0.2, 0.25) is 0 Å². The Balaban J connectivity index is 1.42. The molecule has 5 aliphatic rings. The summed E-state index contributed by atoms with van der Waals surface area (Å²) >= 11 is 0. The number of hydrogen-bond donors (Lipinski definition) is 0. The zero-order valence-corrected chi connectivity index (χ0v) is 15.7. The number of imide groups is 2. The van der Waals surface area contributed by atoms with Crippen LogP contribution in [0.1, 0.15) is 0 Å². The van der Waals surface area contributed by atoms with Gasteiger partial charge in [0.25, 0.3) is 0 Å². The molecule has 8 heteroatoms. The zero-order valence-electron chi connectivity index (χ0n) is 15.7. The summed E-state index contributed by atoms with van der Waals surface area (Å²) in [6.07, 6.45) is 9.79. The Hall–Kier alpha value is -3.68. The van der Waals surface area contributed by atoms with Gasteiger partial charge in [-0.3, -0.25) is 29.1 Å². The van der Waals surface area contributed by atoms with E-state index in [2.05, 4.69) is 9.97 Å². The Labute approximate surface area is 171 Å². The second kappa shape index (κ2) is 5.91. The highest BCUT2D eigenvalue weighted by molar-refractivity contribution is 6.26. The normalized spacial score (nSPS) is 34.0. The number of aromatic nitrogens is 2. The topological polar surface area (TPSA) is 101 Å². The Morgan fingerprint density at radius 1 is 0.600 bits per heavy atom. The second-order valence-corrected chi connectivity index (χ2v) is 8.09. The van der Waals surface area contributed by atoms with E-state index in [0.717, 1.165) is 0 Å². The molecule has 8 nitrogen and oxygen atoms in total. The van der Waals surface area contributed by atoms with Gasteiger partial charge in [-0.15, -0.1) is 0 Å². The van der Waals surface area contributed by atoms with E-state index < -0.39 is 35.5 Å². The van der Waals surface area contributed by atoms with E-state index in [1.54, 1.807) is 36.7 Å². The standard InChI is InChI=1S/C22H16N4O4/c27-19-15-13-5-6-14(16(15)20(28)25(19)11-3-1-7-23-9-11)18-17(13)21(29)26(22(18)30)12-4-2-8-24-10-12/h1-10,13-18H. The summed E-state index contributed by atoms with van der Waals surface area (Å²) in [4.78, 5) is 63.5. The highest BCUT2D eigenvalue weighted by Crippen LogP contribution is 2.58. The maximum absolute atomic E-state index is 13.3. The van der Waals surface area contributed by atoms with Crippen LogP contribution in [-0.2, 0) is 19.2 Å². The quantitative estimate of drug-likeness (QED) is 0.555. The molecule has 30 heavy (non-hydrogen) atoms. The minimum Gasteiger partial charge on any atom is -0.274 e. The van der Waals surface area contributed by atoms with Crippen molar-refractivity contribution in [2.75, 3.05) is 9.80 Å². The van der Waals surface area contributed by atoms with Gasteiger partial charge in [-0.1, -0.05) is 12.2 Å². The smallest absolute Gasteiger partial charge is 0.238 e. The third-order valence-corrected chi connectivity index (χ3v) is 6.82. The molecule has 2 saturated heterocycles. The highest BCUT2D eigenvalue weighted by atomic mass is 16.2. The molecule has 3 fully saturated rings. The average molecular weight is 400 g/mol. The molecule has 4 heterocycles. The van der Waals surface area contributed by atoms with E-state index in [-0.39, 0.29) is 23.6 Å². The Bertz CT molecular complexity index is 999. The summed E-state index contributed by atoms with van der Waals surface area (Å²) in [6, 6.07) is 6.66. The number of pyridine rings is 2. The average Bonchev–Trinajstić information content (AvgIpc) is 3.22. The largest absolute Gasteiger partial charge is 0.274 e. The zero-order chi connectivity index (χ0) is 20.6.